The third-order valence-corrected chi connectivity index (χ3v) is 2.94. The van der Waals surface area contributed by atoms with Crippen molar-refractivity contribution in [1.82, 2.24) is 10.2 Å². The molecule has 1 amide bonds. The molecule has 0 unspecified atom stereocenters. The van der Waals surface area contributed by atoms with Gasteiger partial charge in [0.2, 0.25) is 12.7 Å². The summed E-state index contributed by atoms with van der Waals surface area (Å²) in [5, 5.41) is 2.63. The van der Waals surface area contributed by atoms with Crippen LogP contribution in [0.4, 0.5) is 0 Å². The quantitative estimate of drug-likeness (QED) is 0.846. The Kier molecular flexibility index (Phi) is 4.04. The van der Waals surface area contributed by atoms with Crippen molar-refractivity contribution < 1.29 is 14.3 Å². The van der Waals surface area contributed by atoms with Crippen LogP contribution < -0.4 is 14.8 Å². The highest BCUT2D eigenvalue weighted by Crippen LogP contribution is 2.32. The molecule has 0 radical (unpaired) electrons. The van der Waals surface area contributed by atoms with Gasteiger partial charge in [-0.1, -0.05) is 13.0 Å². The molecule has 0 atom stereocenters. The van der Waals surface area contributed by atoms with Gasteiger partial charge in [0, 0.05) is 13.6 Å². The molecule has 1 aromatic rings. The molecule has 98 valence electrons. The second kappa shape index (κ2) is 5.73. The molecule has 1 N–H and O–H groups in total. The van der Waals surface area contributed by atoms with Crippen LogP contribution in [-0.2, 0) is 11.3 Å². The van der Waals surface area contributed by atoms with Crippen LogP contribution in [0.5, 0.6) is 11.5 Å². The molecule has 1 aromatic carbocycles. The summed E-state index contributed by atoms with van der Waals surface area (Å²) >= 11 is 0. The van der Waals surface area contributed by atoms with Gasteiger partial charge in [0.1, 0.15) is 0 Å². The highest BCUT2D eigenvalue weighted by molar-refractivity contribution is 5.77. The third-order valence-electron chi connectivity index (χ3n) is 2.94. The van der Waals surface area contributed by atoms with Crippen LogP contribution >= 0.6 is 0 Å². The summed E-state index contributed by atoms with van der Waals surface area (Å²) < 4.78 is 10.6. The molecule has 1 heterocycles. The van der Waals surface area contributed by atoms with Crippen LogP contribution in [0, 0.1) is 0 Å². The van der Waals surface area contributed by atoms with Crippen LogP contribution in [0.15, 0.2) is 18.2 Å². The van der Waals surface area contributed by atoms with Crippen molar-refractivity contribution in [3.63, 3.8) is 0 Å². The standard InChI is InChI=1S/C13H18N2O3/c1-3-15(8-13(16)14-2)7-10-4-5-11-12(6-10)18-9-17-11/h4-6H,3,7-9H2,1-2H3,(H,14,16). The Bertz CT molecular complexity index is 434. The second-order valence-electron chi connectivity index (χ2n) is 4.16. The smallest absolute Gasteiger partial charge is 0.233 e. The normalized spacial score (nSPS) is 12.8. The molecule has 5 nitrogen and oxygen atoms in total. The van der Waals surface area contributed by atoms with Crippen LogP contribution in [0.2, 0.25) is 0 Å². The fourth-order valence-electron chi connectivity index (χ4n) is 1.86. The van der Waals surface area contributed by atoms with Crippen molar-refractivity contribution >= 4 is 5.91 Å². The summed E-state index contributed by atoms with van der Waals surface area (Å²) in [7, 11) is 1.65. The van der Waals surface area contributed by atoms with E-state index in [2.05, 4.69) is 10.2 Å². The van der Waals surface area contributed by atoms with Gasteiger partial charge in [0.25, 0.3) is 0 Å². The van der Waals surface area contributed by atoms with Gasteiger partial charge in [-0.2, -0.15) is 0 Å². The van der Waals surface area contributed by atoms with Crippen LogP contribution in [-0.4, -0.2) is 37.7 Å². The Morgan fingerprint density at radius 3 is 2.89 bits per heavy atom. The van der Waals surface area contributed by atoms with Crippen LogP contribution in [0.1, 0.15) is 12.5 Å². The highest BCUT2D eigenvalue weighted by atomic mass is 16.7. The first-order chi connectivity index (χ1) is 8.72. The van der Waals surface area contributed by atoms with Gasteiger partial charge < -0.3 is 14.8 Å². The minimum Gasteiger partial charge on any atom is -0.454 e. The first-order valence-electron chi connectivity index (χ1n) is 6.04. The van der Waals surface area contributed by atoms with E-state index in [1.165, 1.54) is 0 Å². The maximum atomic E-state index is 11.4. The average molecular weight is 250 g/mol. The molecular weight excluding hydrogens is 232 g/mol. The third kappa shape index (κ3) is 2.92. The number of carbonyl (C=O) groups excluding carboxylic acids is 1. The van der Waals surface area contributed by atoms with Crippen molar-refractivity contribution in [2.45, 2.75) is 13.5 Å². The number of likely N-dealkylation sites (N-methyl/N-ethyl adjacent to an activating group) is 2. The molecular formula is C13H18N2O3. The molecule has 0 spiro atoms. The lowest BCUT2D eigenvalue weighted by Crippen LogP contribution is -2.35. The number of ether oxygens (including phenoxy) is 2. The monoisotopic (exact) mass is 250 g/mol. The number of nitrogens with zero attached hydrogens (tertiary/aromatic N) is 1. The number of fused-ring (bicyclic) bond motifs is 1. The molecule has 0 fully saturated rings. The fourth-order valence-corrected chi connectivity index (χ4v) is 1.86. The van der Waals surface area contributed by atoms with Crippen LogP contribution in [0.3, 0.4) is 0 Å². The zero-order valence-corrected chi connectivity index (χ0v) is 10.7. The van der Waals surface area contributed by atoms with E-state index in [0.29, 0.717) is 6.54 Å². The number of hydrogen-bond acceptors (Lipinski definition) is 4. The molecule has 1 aliphatic heterocycles. The molecule has 1 aliphatic rings. The van der Waals surface area contributed by atoms with E-state index in [0.717, 1.165) is 30.2 Å². The minimum atomic E-state index is 0.0255. The Balaban J connectivity index is 2.01. The van der Waals surface area contributed by atoms with Crippen molar-refractivity contribution in [3.05, 3.63) is 23.8 Å². The minimum absolute atomic E-state index is 0.0255. The topological polar surface area (TPSA) is 50.8 Å². The number of hydrogen-bond donors (Lipinski definition) is 1. The van der Waals surface area contributed by atoms with Gasteiger partial charge >= 0.3 is 0 Å². The first kappa shape index (κ1) is 12.7. The number of carbonyl (C=O) groups is 1. The van der Waals surface area contributed by atoms with E-state index in [9.17, 15) is 4.79 Å². The lowest BCUT2D eigenvalue weighted by atomic mass is 10.2. The van der Waals surface area contributed by atoms with Crippen molar-refractivity contribution in [3.8, 4) is 11.5 Å². The Morgan fingerprint density at radius 1 is 1.39 bits per heavy atom. The second-order valence-corrected chi connectivity index (χ2v) is 4.16. The summed E-state index contributed by atoms with van der Waals surface area (Å²) in [6, 6.07) is 5.88. The SMILES string of the molecule is CCN(CC(=O)NC)Cc1ccc2c(c1)OCO2. The summed E-state index contributed by atoms with van der Waals surface area (Å²) in [6.45, 7) is 4.27. The predicted octanol–water partition coefficient (Wildman–Crippen LogP) is 0.983. The van der Waals surface area contributed by atoms with Gasteiger partial charge in [-0.15, -0.1) is 0 Å². The lowest BCUT2D eigenvalue weighted by molar-refractivity contribution is -0.121. The van der Waals surface area contributed by atoms with E-state index in [-0.39, 0.29) is 12.7 Å². The molecule has 0 aliphatic carbocycles. The average Bonchev–Trinajstić information content (AvgIpc) is 2.85. The number of amides is 1. The number of rotatable bonds is 5. The molecule has 0 bridgehead atoms. The van der Waals surface area contributed by atoms with Gasteiger partial charge in [0.05, 0.1) is 6.54 Å². The van der Waals surface area contributed by atoms with Gasteiger partial charge in [-0.25, -0.2) is 0 Å². The zero-order chi connectivity index (χ0) is 13.0. The molecule has 18 heavy (non-hydrogen) atoms. The van der Waals surface area contributed by atoms with Crippen LogP contribution in [0.25, 0.3) is 0 Å². The lowest BCUT2D eigenvalue weighted by Gasteiger charge is -2.19. The van der Waals surface area contributed by atoms with Gasteiger partial charge in [-0.05, 0) is 24.2 Å². The highest BCUT2D eigenvalue weighted by Gasteiger charge is 2.15. The predicted molar refractivity (Wildman–Crippen MR) is 67.6 cm³/mol. The van der Waals surface area contributed by atoms with E-state index >= 15 is 0 Å². The summed E-state index contributed by atoms with van der Waals surface area (Å²) in [4.78, 5) is 13.4. The molecule has 0 saturated carbocycles. The Hall–Kier alpha value is -1.75. The molecule has 0 saturated heterocycles. The first-order valence-corrected chi connectivity index (χ1v) is 6.04. The Morgan fingerprint density at radius 2 is 2.17 bits per heavy atom. The summed E-state index contributed by atoms with van der Waals surface area (Å²) in [5.41, 5.74) is 1.12. The molecule has 5 heteroatoms. The zero-order valence-electron chi connectivity index (χ0n) is 10.7. The molecule has 2 rings (SSSR count). The Labute approximate surface area is 107 Å². The largest absolute Gasteiger partial charge is 0.454 e. The van der Waals surface area contributed by atoms with E-state index in [1.54, 1.807) is 7.05 Å². The molecule has 0 aromatic heterocycles. The number of nitrogens with one attached hydrogen (secondary N) is 1. The van der Waals surface area contributed by atoms with Gasteiger partial charge in [0.15, 0.2) is 11.5 Å². The summed E-state index contributed by atoms with van der Waals surface area (Å²) in [6.07, 6.45) is 0. The number of benzene rings is 1. The van der Waals surface area contributed by atoms with Gasteiger partial charge in [-0.3, -0.25) is 9.69 Å². The van der Waals surface area contributed by atoms with E-state index < -0.39 is 0 Å². The van der Waals surface area contributed by atoms with Crippen molar-refractivity contribution in [2.24, 2.45) is 0 Å². The van der Waals surface area contributed by atoms with E-state index in [1.807, 2.05) is 25.1 Å². The fraction of sp³-hybridized carbons (Fsp3) is 0.462. The van der Waals surface area contributed by atoms with Crippen molar-refractivity contribution in [1.29, 1.82) is 0 Å². The van der Waals surface area contributed by atoms with Crippen molar-refractivity contribution in [2.75, 3.05) is 26.9 Å². The summed E-state index contributed by atoms with van der Waals surface area (Å²) in [5.74, 6) is 1.59. The maximum absolute atomic E-state index is 11.4. The maximum Gasteiger partial charge on any atom is 0.233 e. The van der Waals surface area contributed by atoms with E-state index in [4.69, 9.17) is 9.47 Å².